The number of nitriles is 1. The van der Waals surface area contributed by atoms with E-state index in [1.165, 1.54) is 11.1 Å². The predicted molar refractivity (Wildman–Crippen MR) is 160 cm³/mol. The molecule has 0 aliphatic carbocycles. The Balaban J connectivity index is 1.32. The van der Waals surface area contributed by atoms with Crippen molar-refractivity contribution < 1.29 is 23.9 Å². The minimum absolute atomic E-state index is 0.211. The first-order valence-corrected chi connectivity index (χ1v) is 14.2. The van der Waals surface area contributed by atoms with Crippen molar-refractivity contribution in [1.82, 2.24) is 15.2 Å². The average molecular weight is 570 g/mol. The topological polar surface area (TPSA) is 144 Å². The average Bonchev–Trinajstić information content (AvgIpc) is 3.45. The van der Waals surface area contributed by atoms with Crippen molar-refractivity contribution in [3.05, 3.63) is 71.4 Å². The number of rotatable bonds is 11. The molecule has 3 aromatic rings. The van der Waals surface area contributed by atoms with Crippen LogP contribution in [0.4, 0.5) is 10.5 Å². The summed E-state index contributed by atoms with van der Waals surface area (Å²) in [4.78, 5) is 54.8. The smallest absolute Gasteiger partial charge is 0.319 e. The molecule has 218 valence electrons. The Morgan fingerprint density at radius 2 is 1.76 bits per heavy atom. The monoisotopic (exact) mass is 569 g/mol. The number of nitrogens with one attached hydrogen (secondary N) is 3. The van der Waals surface area contributed by atoms with Gasteiger partial charge in [0.2, 0.25) is 0 Å². The molecular formula is C32H35N5O5. The zero-order valence-electron chi connectivity index (χ0n) is 23.7. The van der Waals surface area contributed by atoms with Gasteiger partial charge in [0, 0.05) is 37.6 Å². The first kappa shape index (κ1) is 30.1. The van der Waals surface area contributed by atoms with E-state index in [4.69, 9.17) is 4.74 Å². The van der Waals surface area contributed by atoms with Crippen molar-refractivity contribution in [2.24, 2.45) is 0 Å². The minimum atomic E-state index is -0.623. The van der Waals surface area contributed by atoms with E-state index in [0.717, 1.165) is 24.0 Å². The van der Waals surface area contributed by atoms with Crippen molar-refractivity contribution in [2.45, 2.75) is 45.4 Å². The molecule has 2 heterocycles. The van der Waals surface area contributed by atoms with E-state index in [1.807, 2.05) is 30.3 Å². The number of hydrogen-bond donors (Lipinski definition) is 3. The summed E-state index contributed by atoms with van der Waals surface area (Å²) in [6.45, 7) is 3.31. The van der Waals surface area contributed by atoms with Gasteiger partial charge in [-0.2, -0.15) is 5.26 Å². The fourth-order valence-electron chi connectivity index (χ4n) is 5.06. The van der Waals surface area contributed by atoms with E-state index in [9.17, 15) is 24.4 Å². The highest BCUT2D eigenvalue weighted by molar-refractivity contribution is 6.45. The van der Waals surface area contributed by atoms with Crippen molar-refractivity contribution in [3.63, 3.8) is 0 Å². The molecular weight excluding hydrogens is 534 g/mol. The fraction of sp³-hybridized carbons (Fsp3) is 0.344. The molecule has 0 radical (unpaired) electrons. The molecule has 1 aliphatic heterocycles. The number of Topliss-reactive ketones (excluding diaryl/α,β-unsaturated/α-hetero) is 1. The Hall–Kier alpha value is -4.91. The fourth-order valence-corrected chi connectivity index (χ4v) is 5.06. The third-order valence-corrected chi connectivity index (χ3v) is 7.23. The summed E-state index contributed by atoms with van der Waals surface area (Å²) >= 11 is 0. The molecule has 42 heavy (non-hydrogen) atoms. The van der Waals surface area contributed by atoms with E-state index in [0.29, 0.717) is 74.1 Å². The zero-order valence-corrected chi connectivity index (χ0v) is 23.7. The number of hydrogen-bond acceptors (Lipinski definition) is 6. The Labute approximate surface area is 244 Å². The van der Waals surface area contributed by atoms with Gasteiger partial charge in [-0.25, -0.2) is 4.79 Å². The predicted octanol–water partition coefficient (Wildman–Crippen LogP) is 5.20. The number of aromatic nitrogens is 1. The molecule has 4 rings (SSSR count). The number of aromatic amines is 1. The molecule has 1 saturated heterocycles. The number of urea groups is 1. The number of unbranched alkanes of at least 4 members (excludes halogenated alkanes) is 2. The number of fused-ring (bicyclic) bond motifs is 1. The number of nitrogens with zero attached hydrogens (tertiary/aromatic N) is 2. The van der Waals surface area contributed by atoms with Crippen LogP contribution < -0.4 is 10.6 Å². The second-order valence-electron chi connectivity index (χ2n) is 10.0. The minimum Gasteiger partial charge on any atom is -0.466 e. The molecule has 1 aliphatic rings. The van der Waals surface area contributed by atoms with Gasteiger partial charge in [-0.15, -0.1) is 0 Å². The summed E-state index contributed by atoms with van der Waals surface area (Å²) in [5, 5.41) is 15.8. The van der Waals surface area contributed by atoms with E-state index >= 15 is 0 Å². The number of anilines is 1. The Morgan fingerprint density at radius 1 is 1.00 bits per heavy atom. The first-order chi connectivity index (χ1) is 20.4. The second kappa shape index (κ2) is 14.6. The number of esters is 1. The van der Waals surface area contributed by atoms with Crippen molar-refractivity contribution in [2.75, 3.05) is 31.6 Å². The lowest BCUT2D eigenvalue weighted by molar-refractivity contribution is -0.143. The van der Waals surface area contributed by atoms with Crippen LogP contribution in [0.1, 0.15) is 61.4 Å². The summed E-state index contributed by atoms with van der Waals surface area (Å²) in [5.74, 6) is -1.43. The highest BCUT2D eigenvalue weighted by Crippen LogP contribution is 2.29. The highest BCUT2D eigenvalue weighted by Gasteiger charge is 2.29. The van der Waals surface area contributed by atoms with Crippen LogP contribution in [0.3, 0.4) is 0 Å². The molecule has 10 nitrogen and oxygen atoms in total. The van der Waals surface area contributed by atoms with Gasteiger partial charge in [0.1, 0.15) is 0 Å². The number of piperidine rings is 1. The van der Waals surface area contributed by atoms with Crippen LogP contribution in [0.15, 0.2) is 60.3 Å². The van der Waals surface area contributed by atoms with Crippen LogP contribution in [0, 0.1) is 11.3 Å². The molecule has 2 aromatic carbocycles. The van der Waals surface area contributed by atoms with Gasteiger partial charge in [-0.1, -0.05) is 48.9 Å². The highest BCUT2D eigenvalue weighted by atomic mass is 16.5. The number of H-pyrrole nitrogens is 1. The molecule has 0 unspecified atom stereocenters. The van der Waals surface area contributed by atoms with Crippen LogP contribution >= 0.6 is 0 Å². The van der Waals surface area contributed by atoms with Gasteiger partial charge in [0.05, 0.1) is 35.0 Å². The number of ketones is 1. The molecule has 0 atom stereocenters. The number of para-hydroxylation sites is 1. The van der Waals surface area contributed by atoms with Gasteiger partial charge in [-0.05, 0) is 49.8 Å². The maximum Gasteiger partial charge on any atom is 0.319 e. The number of benzene rings is 2. The molecule has 1 aromatic heterocycles. The van der Waals surface area contributed by atoms with Gasteiger partial charge >= 0.3 is 12.0 Å². The van der Waals surface area contributed by atoms with Gasteiger partial charge < -0.3 is 25.3 Å². The molecule has 0 spiro atoms. The van der Waals surface area contributed by atoms with Gasteiger partial charge in [0.15, 0.2) is 0 Å². The number of likely N-dealkylation sites (tertiary alicyclic amines) is 1. The third kappa shape index (κ3) is 7.43. The number of carbonyl (C=O) groups excluding carboxylic acids is 4. The quantitative estimate of drug-likeness (QED) is 0.0952. The number of allylic oxidation sites excluding steroid dienone is 1. The Kier molecular flexibility index (Phi) is 10.5. The Bertz CT molecular complexity index is 1510. The van der Waals surface area contributed by atoms with Crippen molar-refractivity contribution in [1.29, 1.82) is 5.26 Å². The Morgan fingerprint density at radius 3 is 2.48 bits per heavy atom. The van der Waals surface area contributed by atoms with Crippen LogP contribution in [0.5, 0.6) is 0 Å². The molecule has 3 N–H and O–H groups in total. The number of ether oxygens (including phenoxy) is 1. The summed E-state index contributed by atoms with van der Waals surface area (Å²) in [7, 11) is 0. The lowest BCUT2D eigenvalue weighted by atomic mass is 9.93. The van der Waals surface area contributed by atoms with Crippen LogP contribution in [0.2, 0.25) is 0 Å². The van der Waals surface area contributed by atoms with Gasteiger partial charge in [-0.3, -0.25) is 14.4 Å². The molecule has 3 amide bonds. The summed E-state index contributed by atoms with van der Waals surface area (Å²) in [5.41, 5.74) is 3.74. The summed E-state index contributed by atoms with van der Waals surface area (Å²) in [6.07, 6.45) is 5.12. The largest absolute Gasteiger partial charge is 0.466 e. The van der Waals surface area contributed by atoms with E-state index in [1.54, 1.807) is 25.1 Å². The van der Waals surface area contributed by atoms with E-state index in [-0.39, 0.29) is 11.5 Å². The van der Waals surface area contributed by atoms with Crippen LogP contribution in [0.25, 0.3) is 16.5 Å². The van der Waals surface area contributed by atoms with Gasteiger partial charge in [0.25, 0.3) is 11.7 Å². The molecule has 0 bridgehead atoms. The van der Waals surface area contributed by atoms with Crippen molar-refractivity contribution >= 4 is 45.9 Å². The molecule has 0 saturated carbocycles. The molecule has 10 heteroatoms. The van der Waals surface area contributed by atoms with E-state index < -0.39 is 17.7 Å². The van der Waals surface area contributed by atoms with Crippen LogP contribution in [-0.4, -0.2) is 59.8 Å². The second-order valence-corrected chi connectivity index (χ2v) is 10.0. The van der Waals surface area contributed by atoms with Crippen LogP contribution in [-0.2, 0) is 14.3 Å². The number of carbonyl (C=O) groups is 4. The SMILES string of the molecule is CCOC(=O)CCCCCNC(=O)Nc1cccc2c(C(=O)C(=O)N3CCC(=C(C#N)c4ccccc4)CC3)c[nH]c12. The maximum absolute atomic E-state index is 13.2. The lowest BCUT2D eigenvalue weighted by Gasteiger charge is -2.28. The first-order valence-electron chi connectivity index (χ1n) is 14.2. The normalized spacial score (nSPS) is 12.9. The zero-order chi connectivity index (χ0) is 29.9. The standard InChI is InChI=1S/C32H35N5O5/c1-2-42-28(38)14-7-4-8-17-34-32(41)36-27-13-9-12-24-26(21-35-29(24)27)30(39)31(40)37-18-15-23(16-19-37)25(20-33)22-10-5-3-6-11-22/h3,5-6,9-13,21,35H,2,4,7-8,14-19H2,1H3,(H2,34,36,41). The number of amides is 3. The van der Waals surface area contributed by atoms with E-state index in [2.05, 4.69) is 21.7 Å². The molecule has 1 fully saturated rings. The maximum atomic E-state index is 13.2. The third-order valence-electron chi connectivity index (χ3n) is 7.23. The van der Waals surface area contributed by atoms with Crippen molar-refractivity contribution in [3.8, 4) is 6.07 Å². The summed E-state index contributed by atoms with van der Waals surface area (Å²) in [6, 6.07) is 16.5. The lowest BCUT2D eigenvalue weighted by Crippen LogP contribution is -2.40. The summed E-state index contributed by atoms with van der Waals surface area (Å²) < 4.78 is 4.90.